The minimum absolute atomic E-state index is 0.0376. The number of nitrogens with two attached hydrogens (primary N) is 1. The van der Waals surface area contributed by atoms with Crippen molar-refractivity contribution in [2.75, 3.05) is 0 Å². The van der Waals surface area contributed by atoms with Crippen LogP contribution in [0.2, 0.25) is 0 Å². The maximum absolute atomic E-state index is 7.02. The molecule has 156 valence electrons. The van der Waals surface area contributed by atoms with Gasteiger partial charge in [-0.15, -0.1) is 0 Å². The molecular formula is C26H47N. The van der Waals surface area contributed by atoms with Crippen molar-refractivity contribution in [1.82, 2.24) is 0 Å². The fourth-order valence-electron chi connectivity index (χ4n) is 4.71. The average Bonchev–Trinajstić information content (AvgIpc) is 2.67. The molecule has 0 aliphatic rings. The molecule has 0 amide bonds. The highest BCUT2D eigenvalue weighted by atomic mass is 14.8. The summed E-state index contributed by atoms with van der Waals surface area (Å²) in [5, 5.41) is 0. The smallest absolute Gasteiger partial charge is 0.0223 e. The highest BCUT2D eigenvalue weighted by Gasteiger charge is 2.33. The van der Waals surface area contributed by atoms with Gasteiger partial charge in [-0.3, -0.25) is 0 Å². The van der Waals surface area contributed by atoms with Crippen molar-refractivity contribution in [3.05, 3.63) is 35.9 Å². The second kappa shape index (κ2) is 15.1. The van der Waals surface area contributed by atoms with Crippen LogP contribution in [0.25, 0.3) is 0 Å². The van der Waals surface area contributed by atoms with Crippen molar-refractivity contribution >= 4 is 0 Å². The predicted octanol–water partition coefficient (Wildman–Crippen LogP) is 8.38. The molecule has 0 saturated heterocycles. The van der Waals surface area contributed by atoms with Gasteiger partial charge in [-0.25, -0.2) is 0 Å². The first-order valence-corrected chi connectivity index (χ1v) is 12.0. The van der Waals surface area contributed by atoms with Crippen LogP contribution < -0.4 is 5.73 Å². The largest absolute Gasteiger partial charge is 0.325 e. The molecule has 0 bridgehead atoms. The van der Waals surface area contributed by atoms with Crippen molar-refractivity contribution in [3.8, 4) is 0 Å². The summed E-state index contributed by atoms with van der Waals surface area (Å²) in [4.78, 5) is 0. The Hall–Kier alpha value is -0.820. The summed E-state index contributed by atoms with van der Waals surface area (Å²) in [5.41, 5.74) is 8.43. The molecule has 1 heteroatoms. The van der Waals surface area contributed by atoms with Gasteiger partial charge in [0, 0.05) is 11.5 Å². The SMILES string of the molecule is CCCCCCCCCCCCC(c1ccccc1)C(N)(CCC)CCC. The van der Waals surface area contributed by atoms with Crippen molar-refractivity contribution in [1.29, 1.82) is 0 Å². The molecule has 0 radical (unpaired) electrons. The van der Waals surface area contributed by atoms with Crippen LogP contribution in [0.15, 0.2) is 30.3 Å². The molecule has 0 spiro atoms. The molecule has 1 aromatic carbocycles. The summed E-state index contributed by atoms with van der Waals surface area (Å²) >= 11 is 0. The highest BCUT2D eigenvalue weighted by molar-refractivity contribution is 5.24. The Morgan fingerprint density at radius 3 is 1.63 bits per heavy atom. The summed E-state index contributed by atoms with van der Waals surface area (Å²) in [7, 11) is 0. The Bertz CT molecular complexity index is 433. The Kier molecular flexibility index (Phi) is 13.6. The minimum atomic E-state index is -0.0376. The van der Waals surface area contributed by atoms with Crippen LogP contribution in [0.1, 0.15) is 129 Å². The summed E-state index contributed by atoms with van der Waals surface area (Å²) in [6, 6.07) is 11.1. The molecule has 1 unspecified atom stereocenters. The standard InChI is InChI=1S/C26H47N/c1-4-7-8-9-10-11-12-13-14-18-21-25(24-19-16-15-17-20-24)26(27,22-5-2)23-6-3/h15-17,19-20,25H,4-14,18,21-23,27H2,1-3H3. The lowest BCUT2D eigenvalue weighted by Gasteiger charge is -2.38. The fraction of sp³-hybridized carbons (Fsp3) is 0.769. The molecule has 0 saturated carbocycles. The van der Waals surface area contributed by atoms with E-state index in [9.17, 15) is 0 Å². The lowest BCUT2D eigenvalue weighted by atomic mass is 9.72. The molecule has 2 N–H and O–H groups in total. The van der Waals surface area contributed by atoms with Gasteiger partial charge in [0.15, 0.2) is 0 Å². The van der Waals surface area contributed by atoms with Gasteiger partial charge in [-0.2, -0.15) is 0 Å². The zero-order chi connectivity index (χ0) is 19.8. The summed E-state index contributed by atoms with van der Waals surface area (Å²) < 4.78 is 0. The van der Waals surface area contributed by atoms with Crippen LogP contribution in [-0.2, 0) is 0 Å². The van der Waals surface area contributed by atoms with Gasteiger partial charge in [0.25, 0.3) is 0 Å². The van der Waals surface area contributed by atoms with Crippen molar-refractivity contribution in [2.24, 2.45) is 5.73 Å². The zero-order valence-corrected chi connectivity index (χ0v) is 18.6. The van der Waals surface area contributed by atoms with E-state index in [-0.39, 0.29) is 5.54 Å². The summed E-state index contributed by atoms with van der Waals surface area (Å²) in [6.07, 6.45) is 19.9. The van der Waals surface area contributed by atoms with E-state index in [0.717, 1.165) is 12.8 Å². The van der Waals surface area contributed by atoms with E-state index in [1.807, 2.05) is 0 Å². The molecule has 0 aliphatic heterocycles. The molecule has 0 heterocycles. The van der Waals surface area contributed by atoms with Crippen LogP contribution in [0.5, 0.6) is 0 Å². The molecule has 0 aliphatic carbocycles. The molecule has 1 atom stereocenters. The van der Waals surface area contributed by atoms with E-state index in [1.54, 1.807) is 0 Å². The Morgan fingerprint density at radius 1 is 0.667 bits per heavy atom. The van der Waals surface area contributed by atoms with Gasteiger partial charge in [0.05, 0.1) is 0 Å². The van der Waals surface area contributed by atoms with E-state index in [2.05, 4.69) is 51.1 Å². The van der Waals surface area contributed by atoms with Crippen LogP contribution in [0.4, 0.5) is 0 Å². The third-order valence-corrected chi connectivity index (χ3v) is 6.17. The molecule has 27 heavy (non-hydrogen) atoms. The second-order valence-electron chi connectivity index (χ2n) is 8.67. The maximum atomic E-state index is 7.02. The van der Waals surface area contributed by atoms with Gasteiger partial charge in [0.1, 0.15) is 0 Å². The zero-order valence-electron chi connectivity index (χ0n) is 18.6. The average molecular weight is 374 g/mol. The van der Waals surface area contributed by atoms with Crippen LogP contribution in [0.3, 0.4) is 0 Å². The Morgan fingerprint density at radius 2 is 1.15 bits per heavy atom. The predicted molar refractivity (Wildman–Crippen MR) is 122 cm³/mol. The molecule has 1 aromatic rings. The van der Waals surface area contributed by atoms with E-state index in [4.69, 9.17) is 5.73 Å². The molecule has 1 nitrogen and oxygen atoms in total. The topological polar surface area (TPSA) is 26.0 Å². The second-order valence-corrected chi connectivity index (χ2v) is 8.67. The Labute approximate surface area is 170 Å². The number of hydrogen-bond acceptors (Lipinski definition) is 1. The van der Waals surface area contributed by atoms with Crippen molar-refractivity contribution < 1.29 is 0 Å². The molecule has 0 fully saturated rings. The van der Waals surface area contributed by atoms with Gasteiger partial charge >= 0.3 is 0 Å². The molecule has 0 aromatic heterocycles. The quantitative estimate of drug-likeness (QED) is 0.273. The monoisotopic (exact) mass is 373 g/mol. The van der Waals surface area contributed by atoms with E-state index >= 15 is 0 Å². The molecule has 1 rings (SSSR count). The Balaban J connectivity index is 2.44. The van der Waals surface area contributed by atoms with Crippen LogP contribution >= 0.6 is 0 Å². The third kappa shape index (κ3) is 9.79. The first-order valence-electron chi connectivity index (χ1n) is 12.0. The van der Waals surface area contributed by atoms with Crippen LogP contribution in [-0.4, -0.2) is 5.54 Å². The first kappa shape index (κ1) is 24.2. The summed E-state index contributed by atoms with van der Waals surface area (Å²) in [5.74, 6) is 0.507. The third-order valence-electron chi connectivity index (χ3n) is 6.17. The fourth-order valence-corrected chi connectivity index (χ4v) is 4.71. The lowest BCUT2D eigenvalue weighted by molar-refractivity contribution is 0.275. The minimum Gasteiger partial charge on any atom is -0.325 e. The normalized spacial score (nSPS) is 13.0. The number of rotatable bonds is 17. The van der Waals surface area contributed by atoms with Crippen LogP contribution in [0, 0.1) is 0 Å². The summed E-state index contributed by atoms with van der Waals surface area (Å²) in [6.45, 7) is 6.85. The number of unbranched alkanes of at least 4 members (excludes halogenated alkanes) is 9. The number of hydrogen-bond donors (Lipinski definition) is 1. The van der Waals surface area contributed by atoms with Gasteiger partial charge in [-0.1, -0.05) is 128 Å². The van der Waals surface area contributed by atoms with Gasteiger partial charge in [-0.05, 0) is 24.8 Å². The van der Waals surface area contributed by atoms with Gasteiger partial charge < -0.3 is 5.73 Å². The maximum Gasteiger partial charge on any atom is 0.0223 e. The molecular weight excluding hydrogens is 326 g/mol. The first-order chi connectivity index (χ1) is 13.2. The van der Waals surface area contributed by atoms with E-state index in [0.29, 0.717) is 5.92 Å². The highest BCUT2D eigenvalue weighted by Crippen LogP contribution is 2.37. The number of benzene rings is 1. The van der Waals surface area contributed by atoms with E-state index < -0.39 is 0 Å². The van der Waals surface area contributed by atoms with Gasteiger partial charge in [0.2, 0.25) is 0 Å². The lowest BCUT2D eigenvalue weighted by Crippen LogP contribution is -2.45. The van der Waals surface area contributed by atoms with Crippen molar-refractivity contribution in [2.45, 2.75) is 129 Å². The van der Waals surface area contributed by atoms with Crippen molar-refractivity contribution in [3.63, 3.8) is 0 Å². The van der Waals surface area contributed by atoms with E-state index in [1.165, 1.54) is 89.0 Å².